The second kappa shape index (κ2) is 7.31. The average Bonchev–Trinajstić information content (AvgIpc) is 2.59. The zero-order valence-corrected chi connectivity index (χ0v) is 18.1. The van der Waals surface area contributed by atoms with Gasteiger partial charge in [0.15, 0.2) is 11.5 Å². The summed E-state index contributed by atoms with van der Waals surface area (Å²) < 4.78 is 10.8. The van der Waals surface area contributed by atoms with Crippen molar-refractivity contribution in [3.8, 4) is 11.5 Å². The molecule has 0 radical (unpaired) electrons. The minimum atomic E-state index is -0.574. The third-order valence-electron chi connectivity index (χ3n) is 7.93. The maximum absolute atomic E-state index is 11.3. The van der Waals surface area contributed by atoms with Crippen LogP contribution >= 0.6 is 0 Å². The van der Waals surface area contributed by atoms with Crippen LogP contribution in [-0.2, 0) is 6.42 Å². The third kappa shape index (κ3) is 3.72. The van der Waals surface area contributed by atoms with E-state index in [1.54, 1.807) is 14.2 Å². The zero-order valence-electron chi connectivity index (χ0n) is 18.1. The summed E-state index contributed by atoms with van der Waals surface area (Å²) in [5, 5.41) is 11.3. The third-order valence-corrected chi connectivity index (χ3v) is 7.93. The first-order chi connectivity index (χ1) is 12.6. The van der Waals surface area contributed by atoms with Gasteiger partial charge in [0.05, 0.1) is 19.8 Å². The minimum Gasteiger partial charge on any atom is -0.493 e. The van der Waals surface area contributed by atoms with Crippen molar-refractivity contribution in [1.29, 1.82) is 0 Å². The Morgan fingerprint density at radius 3 is 2.37 bits per heavy atom. The van der Waals surface area contributed by atoms with E-state index in [4.69, 9.17) is 9.47 Å². The van der Waals surface area contributed by atoms with Crippen molar-refractivity contribution in [2.75, 3.05) is 14.2 Å². The van der Waals surface area contributed by atoms with Crippen LogP contribution in [0.15, 0.2) is 18.2 Å². The van der Waals surface area contributed by atoms with Crippen LogP contribution in [0.5, 0.6) is 11.5 Å². The number of benzene rings is 1. The zero-order chi connectivity index (χ0) is 19.9. The Kier molecular flexibility index (Phi) is 5.55. The molecule has 1 aromatic carbocycles. The maximum atomic E-state index is 11.3. The SMILES string of the molecule is COc1ccc(CC[C@@H]2[C@@]3(C)CCCC(C)(C)[C@@H]3CC[C@@]2(C)O)cc1OC. The van der Waals surface area contributed by atoms with Crippen LogP contribution in [0.25, 0.3) is 0 Å². The van der Waals surface area contributed by atoms with Gasteiger partial charge in [-0.2, -0.15) is 0 Å². The molecule has 3 nitrogen and oxygen atoms in total. The van der Waals surface area contributed by atoms with E-state index < -0.39 is 5.60 Å². The Bertz CT molecular complexity index is 664. The first-order valence-corrected chi connectivity index (χ1v) is 10.6. The van der Waals surface area contributed by atoms with Crippen LogP contribution in [0.1, 0.15) is 71.8 Å². The van der Waals surface area contributed by atoms with Crippen LogP contribution in [0.3, 0.4) is 0 Å². The van der Waals surface area contributed by atoms with Crippen molar-refractivity contribution < 1.29 is 14.6 Å². The lowest BCUT2D eigenvalue weighted by Crippen LogP contribution is -2.57. The van der Waals surface area contributed by atoms with E-state index in [0.717, 1.165) is 37.2 Å². The first-order valence-electron chi connectivity index (χ1n) is 10.6. The molecule has 2 aliphatic carbocycles. The molecule has 0 bridgehead atoms. The molecule has 1 aromatic rings. The average molecular weight is 375 g/mol. The normalized spacial score (nSPS) is 35.4. The number of aliphatic hydroxyl groups is 1. The number of hydrogen-bond acceptors (Lipinski definition) is 3. The second-order valence-electron chi connectivity index (χ2n) is 10.1. The molecule has 0 unspecified atom stereocenters. The van der Waals surface area contributed by atoms with Gasteiger partial charge in [0, 0.05) is 0 Å². The summed E-state index contributed by atoms with van der Waals surface area (Å²) in [5.41, 5.74) is 1.28. The van der Waals surface area contributed by atoms with Gasteiger partial charge in [-0.1, -0.05) is 33.3 Å². The van der Waals surface area contributed by atoms with E-state index in [1.165, 1.54) is 24.8 Å². The predicted octanol–water partition coefficient (Wildman–Crippen LogP) is 5.63. The number of methoxy groups -OCH3 is 2. The first kappa shape index (κ1) is 20.5. The molecule has 27 heavy (non-hydrogen) atoms. The van der Waals surface area contributed by atoms with E-state index in [-0.39, 0.29) is 5.41 Å². The Hall–Kier alpha value is -1.22. The van der Waals surface area contributed by atoms with Gasteiger partial charge in [0.25, 0.3) is 0 Å². The second-order valence-corrected chi connectivity index (χ2v) is 10.1. The molecular weight excluding hydrogens is 336 g/mol. The maximum Gasteiger partial charge on any atom is 0.160 e. The summed E-state index contributed by atoms with van der Waals surface area (Å²) in [6, 6.07) is 6.20. The summed E-state index contributed by atoms with van der Waals surface area (Å²) >= 11 is 0. The molecule has 0 heterocycles. The highest BCUT2D eigenvalue weighted by molar-refractivity contribution is 5.42. The lowest BCUT2D eigenvalue weighted by Gasteiger charge is -2.61. The van der Waals surface area contributed by atoms with Crippen LogP contribution in [-0.4, -0.2) is 24.9 Å². The van der Waals surface area contributed by atoms with Crippen molar-refractivity contribution in [2.24, 2.45) is 22.7 Å². The molecule has 0 aliphatic heterocycles. The molecule has 3 heteroatoms. The largest absolute Gasteiger partial charge is 0.493 e. The molecular formula is C24H38O3. The molecule has 4 atom stereocenters. The highest BCUT2D eigenvalue weighted by Crippen LogP contribution is 2.62. The Morgan fingerprint density at radius 2 is 1.70 bits per heavy atom. The summed E-state index contributed by atoms with van der Waals surface area (Å²) in [6.07, 6.45) is 7.90. The fraction of sp³-hybridized carbons (Fsp3) is 0.750. The minimum absolute atomic E-state index is 0.222. The van der Waals surface area contributed by atoms with Gasteiger partial charge in [0.2, 0.25) is 0 Å². The fourth-order valence-electron chi connectivity index (χ4n) is 6.61. The number of rotatable bonds is 5. The summed E-state index contributed by atoms with van der Waals surface area (Å²) in [7, 11) is 3.35. The fourth-order valence-corrected chi connectivity index (χ4v) is 6.61. The number of hydrogen-bond donors (Lipinski definition) is 1. The van der Waals surface area contributed by atoms with Crippen LogP contribution < -0.4 is 9.47 Å². The highest BCUT2D eigenvalue weighted by atomic mass is 16.5. The molecule has 0 aromatic heterocycles. The number of fused-ring (bicyclic) bond motifs is 1. The summed E-state index contributed by atoms with van der Waals surface area (Å²) in [6.45, 7) is 9.43. The molecule has 1 N–H and O–H groups in total. The topological polar surface area (TPSA) is 38.7 Å². The van der Waals surface area contributed by atoms with Gasteiger partial charge in [0.1, 0.15) is 0 Å². The van der Waals surface area contributed by atoms with Crippen LogP contribution in [0.4, 0.5) is 0 Å². The van der Waals surface area contributed by atoms with Crippen molar-refractivity contribution in [3.05, 3.63) is 23.8 Å². The van der Waals surface area contributed by atoms with Crippen LogP contribution in [0, 0.1) is 22.7 Å². The Morgan fingerprint density at radius 1 is 1.00 bits per heavy atom. The van der Waals surface area contributed by atoms with E-state index in [9.17, 15) is 5.11 Å². The molecule has 2 aliphatic rings. The van der Waals surface area contributed by atoms with Gasteiger partial charge in [-0.15, -0.1) is 0 Å². The summed E-state index contributed by atoms with van der Waals surface area (Å²) in [5.74, 6) is 2.59. The van der Waals surface area contributed by atoms with E-state index >= 15 is 0 Å². The molecule has 2 saturated carbocycles. The van der Waals surface area contributed by atoms with E-state index in [1.807, 2.05) is 6.07 Å². The number of aryl methyl sites for hydroxylation is 1. The van der Waals surface area contributed by atoms with E-state index in [0.29, 0.717) is 17.3 Å². The Balaban J connectivity index is 1.83. The monoisotopic (exact) mass is 374 g/mol. The quantitative estimate of drug-likeness (QED) is 0.726. The molecule has 3 rings (SSSR count). The van der Waals surface area contributed by atoms with Gasteiger partial charge >= 0.3 is 0 Å². The smallest absolute Gasteiger partial charge is 0.160 e. The van der Waals surface area contributed by atoms with E-state index in [2.05, 4.69) is 39.8 Å². The predicted molar refractivity (Wildman–Crippen MR) is 110 cm³/mol. The van der Waals surface area contributed by atoms with Gasteiger partial charge in [-0.3, -0.25) is 0 Å². The van der Waals surface area contributed by atoms with Crippen molar-refractivity contribution in [3.63, 3.8) is 0 Å². The lowest BCUT2D eigenvalue weighted by molar-refractivity contribution is -0.168. The molecule has 0 amide bonds. The Labute approximate surface area is 165 Å². The van der Waals surface area contributed by atoms with Crippen molar-refractivity contribution >= 4 is 0 Å². The van der Waals surface area contributed by atoms with Gasteiger partial charge in [-0.25, -0.2) is 0 Å². The highest BCUT2D eigenvalue weighted by Gasteiger charge is 2.57. The van der Waals surface area contributed by atoms with Gasteiger partial charge in [-0.05, 0) is 85.8 Å². The molecule has 2 fully saturated rings. The molecule has 0 spiro atoms. The van der Waals surface area contributed by atoms with Crippen LogP contribution in [0.2, 0.25) is 0 Å². The molecule has 152 valence electrons. The van der Waals surface area contributed by atoms with Gasteiger partial charge < -0.3 is 14.6 Å². The standard InChI is InChI=1S/C24H38O3/c1-22(2)13-7-14-23(3)20(22)12-15-24(4,25)21(23)11-9-17-8-10-18(26-5)19(16-17)27-6/h8,10,16,20-21,25H,7,9,11-15H2,1-6H3/t20-,21+,23-,24+/m0/s1. The van der Waals surface area contributed by atoms with Crippen molar-refractivity contribution in [2.45, 2.75) is 78.2 Å². The molecule has 0 saturated heterocycles. The summed E-state index contributed by atoms with van der Waals surface area (Å²) in [4.78, 5) is 0. The number of ether oxygens (including phenoxy) is 2. The lowest BCUT2D eigenvalue weighted by atomic mass is 9.45. The van der Waals surface area contributed by atoms with Crippen molar-refractivity contribution in [1.82, 2.24) is 0 Å².